The second-order valence-electron chi connectivity index (χ2n) is 2.91. The molecule has 1 aromatic heterocycles. The minimum absolute atomic E-state index is 0.103. The third-order valence-electron chi connectivity index (χ3n) is 1.71. The number of nitrogens with zero attached hydrogens (tertiary/aromatic N) is 1. The summed E-state index contributed by atoms with van der Waals surface area (Å²) in [5, 5.41) is 15.1. The summed E-state index contributed by atoms with van der Waals surface area (Å²) >= 11 is 1.05. The number of aromatic amines is 2. The van der Waals surface area contributed by atoms with Crippen LogP contribution in [0.2, 0.25) is 0 Å². The van der Waals surface area contributed by atoms with E-state index in [9.17, 15) is 14.7 Å². The van der Waals surface area contributed by atoms with Crippen molar-refractivity contribution < 1.29 is 5.11 Å². The van der Waals surface area contributed by atoms with Crippen molar-refractivity contribution in [2.45, 2.75) is 9.92 Å². The first-order valence-corrected chi connectivity index (χ1v) is 5.13. The standard InChI is InChI=1S/C9H7N3O3S/c13-5-2-1-3-6(4-5)16-8-7(14)10-9(15)12-11-8/h1-4,13H,(H2,10,12,14,15). The first-order chi connectivity index (χ1) is 7.65. The van der Waals surface area contributed by atoms with E-state index in [2.05, 4.69) is 15.2 Å². The minimum Gasteiger partial charge on any atom is -0.508 e. The van der Waals surface area contributed by atoms with Crippen LogP contribution in [0.4, 0.5) is 0 Å². The lowest BCUT2D eigenvalue weighted by Crippen LogP contribution is -2.24. The van der Waals surface area contributed by atoms with E-state index in [1.54, 1.807) is 12.1 Å². The van der Waals surface area contributed by atoms with Crippen LogP contribution < -0.4 is 11.2 Å². The number of hydrogen-bond donors (Lipinski definition) is 3. The molecule has 1 aromatic carbocycles. The van der Waals surface area contributed by atoms with Crippen LogP contribution in [0, 0.1) is 0 Å². The molecule has 6 nitrogen and oxygen atoms in total. The van der Waals surface area contributed by atoms with Crippen molar-refractivity contribution in [3.63, 3.8) is 0 Å². The molecule has 0 aliphatic carbocycles. The Morgan fingerprint density at radius 1 is 1.31 bits per heavy atom. The second-order valence-corrected chi connectivity index (χ2v) is 3.97. The maximum absolute atomic E-state index is 11.3. The van der Waals surface area contributed by atoms with Crippen molar-refractivity contribution in [1.82, 2.24) is 15.2 Å². The quantitative estimate of drug-likeness (QED) is 0.698. The molecule has 0 saturated heterocycles. The lowest BCUT2D eigenvalue weighted by Gasteiger charge is -1.99. The molecule has 3 N–H and O–H groups in total. The zero-order valence-corrected chi connectivity index (χ0v) is 8.75. The van der Waals surface area contributed by atoms with E-state index >= 15 is 0 Å². The van der Waals surface area contributed by atoms with Gasteiger partial charge in [-0.25, -0.2) is 9.89 Å². The van der Waals surface area contributed by atoms with Crippen LogP contribution in [0.5, 0.6) is 5.75 Å². The monoisotopic (exact) mass is 237 g/mol. The Labute approximate surface area is 93.4 Å². The fraction of sp³-hybridized carbons (Fsp3) is 0. The van der Waals surface area contributed by atoms with Crippen LogP contribution in [-0.2, 0) is 0 Å². The summed E-state index contributed by atoms with van der Waals surface area (Å²) in [7, 11) is 0. The van der Waals surface area contributed by atoms with Gasteiger partial charge in [-0.1, -0.05) is 17.8 Å². The average Bonchev–Trinajstić information content (AvgIpc) is 2.22. The fourth-order valence-electron chi connectivity index (χ4n) is 1.06. The van der Waals surface area contributed by atoms with Crippen molar-refractivity contribution in [2.24, 2.45) is 0 Å². The van der Waals surface area contributed by atoms with Crippen LogP contribution >= 0.6 is 11.8 Å². The number of H-pyrrole nitrogens is 2. The van der Waals surface area contributed by atoms with Gasteiger partial charge in [0.25, 0.3) is 5.56 Å². The molecular weight excluding hydrogens is 230 g/mol. The van der Waals surface area contributed by atoms with Gasteiger partial charge < -0.3 is 5.11 Å². The Kier molecular flexibility index (Phi) is 2.78. The molecule has 0 saturated carbocycles. The number of hydrogen-bond acceptors (Lipinski definition) is 5. The Morgan fingerprint density at radius 3 is 2.81 bits per heavy atom. The van der Waals surface area contributed by atoms with Gasteiger partial charge in [-0.2, -0.15) is 5.10 Å². The molecule has 0 atom stereocenters. The summed E-state index contributed by atoms with van der Waals surface area (Å²) in [6.07, 6.45) is 0. The highest BCUT2D eigenvalue weighted by molar-refractivity contribution is 7.99. The van der Waals surface area contributed by atoms with E-state index in [4.69, 9.17) is 0 Å². The molecule has 0 unspecified atom stereocenters. The summed E-state index contributed by atoms with van der Waals surface area (Å²) < 4.78 is 0. The Morgan fingerprint density at radius 2 is 2.12 bits per heavy atom. The summed E-state index contributed by atoms with van der Waals surface area (Å²) in [6, 6.07) is 6.39. The highest BCUT2D eigenvalue weighted by atomic mass is 32.2. The SMILES string of the molecule is O=c1[nH]nc(Sc2cccc(O)c2)c(=O)[nH]1. The van der Waals surface area contributed by atoms with Crippen LogP contribution in [0.1, 0.15) is 0 Å². The molecule has 0 amide bonds. The lowest BCUT2D eigenvalue weighted by atomic mass is 10.3. The van der Waals surface area contributed by atoms with Gasteiger partial charge >= 0.3 is 5.69 Å². The Hall–Kier alpha value is -2.02. The molecule has 0 aliphatic heterocycles. The average molecular weight is 237 g/mol. The van der Waals surface area contributed by atoms with Gasteiger partial charge in [-0.15, -0.1) is 0 Å². The van der Waals surface area contributed by atoms with Crippen molar-refractivity contribution in [1.29, 1.82) is 0 Å². The highest BCUT2D eigenvalue weighted by Crippen LogP contribution is 2.25. The van der Waals surface area contributed by atoms with Crippen molar-refractivity contribution in [3.8, 4) is 5.75 Å². The highest BCUT2D eigenvalue weighted by Gasteiger charge is 2.05. The number of nitrogens with one attached hydrogen (secondary N) is 2. The molecule has 0 bridgehead atoms. The molecule has 0 spiro atoms. The Bertz CT molecular complexity index is 620. The molecule has 0 fully saturated rings. The number of aromatic hydroxyl groups is 1. The molecule has 7 heteroatoms. The van der Waals surface area contributed by atoms with E-state index < -0.39 is 11.2 Å². The summed E-state index contributed by atoms with van der Waals surface area (Å²) in [5.74, 6) is 0.103. The van der Waals surface area contributed by atoms with Gasteiger partial charge in [0.05, 0.1) is 0 Å². The van der Waals surface area contributed by atoms with Crippen LogP contribution in [0.3, 0.4) is 0 Å². The smallest absolute Gasteiger partial charge is 0.342 e. The number of aromatic nitrogens is 3. The molecule has 16 heavy (non-hydrogen) atoms. The van der Waals surface area contributed by atoms with Gasteiger partial charge in [0.15, 0.2) is 5.03 Å². The largest absolute Gasteiger partial charge is 0.508 e. The van der Waals surface area contributed by atoms with Crippen LogP contribution in [-0.4, -0.2) is 20.3 Å². The molecule has 0 radical (unpaired) electrons. The second kappa shape index (κ2) is 4.23. The van der Waals surface area contributed by atoms with Gasteiger partial charge in [-0.3, -0.25) is 9.78 Å². The van der Waals surface area contributed by atoms with E-state index in [1.165, 1.54) is 12.1 Å². The van der Waals surface area contributed by atoms with Gasteiger partial charge in [0.2, 0.25) is 0 Å². The van der Waals surface area contributed by atoms with Gasteiger partial charge in [0, 0.05) is 4.90 Å². The molecule has 2 aromatic rings. The zero-order valence-electron chi connectivity index (χ0n) is 7.93. The van der Waals surface area contributed by atoms with Crippen molar-refractivity contribution in [3.05, 3.63) is 45.1 Å². The van der Waals surface area contributed by atoms with E-state index in [0.717, 1.165) is 11.8 Å². The third-order valence-corrected chi connectivity index (χ3v) is 2.67. The van der Waals surface area contributed by atoms with Crippen LogP contribution in [0.25, 0.3) is 0 Å². The number of phenols is 1. The van der Waals surface area contributed by atoms with Crippen LogP contribution in [0.15, 0.2) is 43.8 Å². The molecule has 1 heterocycles. The van der Waals surface area contributed by atoms with E-state index in [0.29, 0.717) is 4.90 Å². The summed E-state index contributed by atoms with van der Waals surface area (Å²) in [5.41, 5.74) is -1.21. The topological polar surface area (TPSA) is 98.8 Å². The predicted octanol–water partition coefficient (Wildman–Crippen LogP) is 0.315. The maximum Gasteiger partial charge on any atom is 0.342 e. The van der Waals surface area contributed by atoms with Crippen molar-refractivity contribution in [2.75, 3.05) is 0 Å². The normalized spacial score (nSPS) is 10.2. The molecular formula is C9H7N3O3S. The predicted molar refractivity (Wildman–Crippen MR) is 57.7 cm³/mol. The number of benzene rings is 1. The zero-order chi connectivity index (χ0) is 11.5. The van der Waals surface area contributed by atoms with E-state index in [1.807, 2.05) is 0 Å². The molecule has 0 aliphatic rings. The minimum atomic E-state index is -0.648. The maximum atomic E-state index is 11.3. The number of rotatable bonds is 2. The van der Waals surface area contributed by atoms with Gasteiger partial charge in [0.1, 0.15) is 5.75 Å². The van der Waals surface area contributed by atoms with E-state index in [-0.39, 0.29) is 10.8 Å². The fourth-order valence-corrected chi connectivity index (χ4v) is 1.85. The van der Waals surface area contributed by atoms with Gasteiger partial charge in [-0.05, 0) is 18.2 Å². The molecule has 2 rings (SSSR count). The first kappa shape index (κ1) is 10.5. The Balaban J connectivity index is 2.34. The lowest BCUT2D eigenvalue weighted by molar-refractivity contribution is 0.474. The third kappa shape index (κ3) is 2.31. The summed E-state index contributed by atoms with van der Waals surface area (Å²) in [6.45, 7) is 0. The molecule has 82 valence electrons. The van der Waals surface area contributed by atoms with Crippen molar-refractivity contribution >= 4 is 11.8 Å². The summed E-state index contributed by atoms with van der Waals surface area (Å²) in [4.78, 5) is 24.8. The first-order valence-electron chi connectivity index (χ1n) is 4.31. The number of phenolic OH excluding ortho intramolecular Hbond substituents is 1.